The maximum atomic E-state index is 11.1. The van der Waals surface area contributed by atoms with Crippen molar-refractivity contribution in [2.75, 3.05) is 13.1 Å². The van der Waals surface area contributed by atoms with Crippen molar-refractivity contribution < 1.29 is 14.3 Å². The molecule has 1 saturated heterocycles. The Balaban J connectivity index is 2.36. The summed E-state index contributed by atoms with van der Waals surface area (Å²) < 4.78 is 4.45. The lowest BCUT2D eigenvalue weighted by Gasteiger charge is -2.04. The van der Waals surface area contributed by atoms with Crippen molar-refractivity contribution in [2.24, 2.45) is 5.92 Å². The topological polar surface area (TPSA) is 55.4 Å². The van der Waals surface area contributed by atoms with E-state index in [1.807, 2.05) is 0 Å². The second kappa shape index (κ2) is 4.01. The van der Waals surface area contributed by atoms with E-state index in [9.17, 15) is 9.59 Å². The van der Waals surface area contributed by atoms with Crippen LogP contribution in [0, 0.1) is 5.92 Å². The molecule has 66 valence electrons. The molecular formula is C8H11NO3. The number of esters is 2. The highest BCUT2D eigenvalue weighted by Gasteiger charge is 2.24. The van der Waals surface area contributed by atoms with E-state index in [2.05, 4.69) is 16.6 Å². The van der Waals surface area contributed by atoms with E-state index in [1.54, 1.807) is 0 Å². The first kappa shape index (κ1) is 8.93. The van der Waals surface area contributed by atoms with Crippen LogP contribution in [0.5, 0.6) is 0 Å². The number of hydrogen-bond donors (Lipinski definition) is 1. The summed E-state index contributed by atoms with van der Waals surface area (Å²) in [6.07, 6.45) is 1.73. The summed E-state index contributed by atoms with van der Waals surface area (Å²) in [5, 5.41) is 3.01. The van der Waals surface area contributed by atoms with Crippen LogP contribution in [-0.4, -0.2) is 25.0 Å². The zero-order chi connectivity index (χ0) is 8.97. The van der Waals surface area contributed by atoms with Crippen molar-refractivity contribution in [1.82, 2.24) is 5.32 Å². The summed E-state index contributed by atoms with van der Waals surface area (Å²) in [6.45, 7) is 4.61. The molecule has 0 aliphatic carbocycles. The summed E-state index contributed by atoms with van der Waals surface area (Å²) in [5.41, 5.74) is 0. The fourth-order valence-electron chi connectivity index (χ4n) is 1.08. The molecule has 1 fully saturated rings. The third-order valence-corrected chi connectivity index (χ3v) is 1.76. The van der Waals surface area contributed by atoms with E-state index < -0.39 is 11.9 Å². The van der Waals surface area contributed by atoms with Gasteiger partial charge in [0.25, 0.3) is 0 Å². The number of carbonyl (C=O) groups is 2. The van der Waals surface area contributed by atoms with Gasteiger partial charge in [-0.1, -0.05) is 6.58 Å². The summed E-state index contributed by atoms with van der Waals surface area (Å²) in [6, 6.07) is 0. The highest BCUT2D eigenvalue weighted by molar-refractivity contribution is 5.92. The first-order chi connectivity index (χ1) is 5.74. The molecule has 0 saturated carbocycles. The fraction of sp³-hybridized carbons (Fsp3) is 0.500. The average molecular weight is 169 g/mol. The van der Waals surface area contributed by atoms with Crippen LogP contribution in [0.1, 0.15) is 6.42 Å². The highest BCUT2D eigenvalue weighted by Crippen LogP contribution is 2.09. The van der Waals surface area contributed by atoms with Gasteiger partial charge in [0.2, 0.25) is 0 Å². The molecule has 0 aromatic heterocycles. The lowest BCUT2D eigenvalue weighted by Crippen LogP contribution is -2.22. The third-order valence-electron chi connectivity index (χ3n) is 1.76. The van der Waals surface area contributed by atoms with Crippen molar-refractivity contribution in [1.29, 1.82) is 0 Å². The number of hydrogen-bond acceptors (Lipinski definition) is 4. The van der Waals surface area contributed by atoms with E-state index in [-0.39, 0.29) is 5.92 Å². The first-order valence-electron chi connectivity index (χ1n) is 3.83. The molecule has 0 amide bonds. The van der Waals surface area contributed by atoms with Crippen molar-refractivity contribution >= 4 is 11.9 Å². The fourth-order valence-corrected chi connectivity index (χ4v) is 1.08. The zero-order valence-corrected chi connectivity index (χ0v) is 6.71. The average Bonchev–Trinajstić information content (AvgIpc) is 2.56. The molecule has 4 heteroatoms. The Morgan fingerprint density at radius 1 is 1.58 bits per heavy atom. The smallest absolute Gasteiger partial charge is 0.337 e. The maximum absolute atomic E-state index is 11.1. The van der Waals surface area contributed by atoms with Gasteiger partial charge < -0.3 is 10.1 Å². The first-order valence-corrected chi connectivity index (χ1v) is 3.83. The molecule has 12 heavy (non-hydrogen) atoms. The van der Waals surface area contributed by atoms with Crippen molar-refractivity contribution in [3.63, 3.8) is 0 Å². The van der Waals surface area contributed by atoms with E-state index in [0.29, 0.717) is 6.54 Å². The molecule has 1 rings (SSSR count). The Kier molecular flexibility index (Phi) is 2.99. The van der Waals surface area contributed by atoms with Gasteiger partial charge in [-0.25, -0.2) is 4.79 Å². The van der Waals surface area contributed by atoms with Crippen LogP contribution in [-0.2, 0) is 14.3 Å². The van der Waals surface area contributed by atoms with Crippen LogP contribution in [0.4, 0.5) is 0 Å². The molecule has 0 aromatic carbocycles. The van der Waals surface area contributed by atoms with Gasteiger partial charge in [-0.15, -0.1) is 0 Å². The summed E-state index contributed by atoms with van der Waals surface area (Å²) in [5.74, 6) is -1.30. The Morgan fingerprint density at radius 3 is 2.83 bits per heavy atom. The Bertz CT molecular complexity index is 206. The highest BCUT2D eigenvalue weighted by atomic mass is 16.6. The van der Waals surface area contributed by atoms with Crippen LogP contribution in [0.15, 0.2) is 12.7 Å². The van der Waals surface area contributed by atoms with Crippen LogP contribution in [0.25, 0.3) is 0 Å². The quantitative estimate of drug-likeness (QED) is 0.355. The number of ether oxygens (including phenoxy) is 1. The Labute approximate surface area is 70.6 Å². The van der Waals surface area contributed by atoms with E-state index in [0.717, 1.165) is 19.0 Å². The van der Waals surface area contributed by atoms with Gasteiger partial charge in [0.05, 0.1) is 5.92 Å². The standard InChI is InChI=1S/C8H11NO3/c1-2-7(10)12-8(11)6-3-4-9-5-6/h2,6,9H,1,3-5H2. The van der Waals surface area contributed by atoms with Gasteiger partial charge >= 0.3 is 11.9 Å². The predicted molar refractivity (Wildman–Crippen MR) is 42.3 cm³/mol. The second-order valence-corrected chi connectivity index (χ2v) is 2.63. The predicted octanol–water partition coefficient (Wildman–Crippen LogP) is -0.148. The lowest BCUT2D eigenvalue weighted by molar-refractivity contribution is -0.158. The summed E-state index contributed by atoms with van der Waals surface area (Å²) >= 11 is 0. The van der Waals surface area contributed by atoms with Crippen molar-refractivity contribution in [2.45, 2.75) is 6.42 Å². The molecule has 1 unspecified atom stereocenters. The molecule has 1 aliphatic rings. The van der Waals surface area contributed by atoms with Crippen LogP contribution >= 0.6 is 0 Å². The molecule has 1 heterocycles. The molecule has 0 radical (unpaired) electrons. The zero-order valence-electron chi connectivity index (χ0n) is 6.71. The Morgan fingerprint density at radius 2 is 2.33 bits per heavy atom. The minimum Gasteiger partial charge on any atom is -0.390 e. The van der Waals surface area contributed by atoms with E-state index >= 15 is 0 Å². The molecule has 0 aromatic rings. The van der Waals surface area contributed by atoms with Gasteiger partial charge in [-0.3, -0.25) is 4.79 Å². The number of nitrogens with one attached hydrogen (secondary N) is 1. The van der Waals surface area contributed by atoms with Crippen LogP contribution < -0.4 is 5.32 Å². The SMILES string of the molecule is C=CC(=O)OC(=O)C1CCNC1. The summed E-state index contributed by atoms with van der Waals surface area (Å²) in [7, 11) is 0. The Hall–Kier alpha value is -1.16. The monoisotopic (exact) mass is 169 g/mol. The van der Waals surface area contributed by atoms with Crippen LogP contribution in [0.3, 0.4) is 0 Å². The van der Waals surface area contributed by atoms with Gasteiger partial charge in [0, 0.05) is 12.6 Å². The molecule has 1 aliphatic heterocycles. The molecular weight excluding hydrogens is 158 g/mol. The van der Waals surface area contributed by atoms with E-state index in [4.69, 9.17) is 0 Å². The second-order valence-electron chi connectivity index (χ2n) is 2.63. The van der Waals surface area contributed by atoms with Crippen molar-refractivity contribution in [3.05, 3.63) is 12.7 Å². The van der Waals surface area contributed by atoms with Gasteiger partial charge in [-0.2, -0.15) is 0 Å². The van der Waals surface area contributed by atoms with Gasteiger partial charge in [0.15, 0.2) is 0 Å². The molecule has 1 atom stereocenters. The maximum Gasteiger partial charge on any atom is 0.337 e. The lowest BCUT2D eigenvalue weighted by atomic mass is 10.1. The number of carbonyl (C=O) groups excluding carboxylic acids is 2. The molecule has 1 N–H and O–H groups in total. The van der Waals surface area contributed by atoms with Gasteiger partial charge in [-0.05, 0) is 13.0 Å². The van der Waals surface area contributed by atoms with Crippen LogP contribution in [0.2, 0.25) is 0 Å². The molecule has 0 bridgehead atoms. The minimum absolute atomic E-state index is 0.172. The molecule has 4 nitrogen and oxygen atoms in total. The largest absolute Gasteiger partial charge is 0.390 e. The molecule has 0 spiro atoms. The normalized spacial score (nSPS) is 21.8. The van der Waals surface area contributed by atoms with E-state index in [1.165, 1.54) is 0 Å². The third kappa shape index (κ3) is 2.17. The number of rotatable bonds is 2. The van der Waals surface area contributed by atoms with Crippen molar-refractivity contribution in [3.8, 4) is 0 Å². The minimum atomic E-state index is -0.674. The van der Waals surface area contributed by atoms with Gasteiger partial charge in [0.1, 0.15) is 0 Å². The summed E-state index contributed by atoms with van der Waals surface area (Å²) in [4.78, 5) is 21.7.